The molecule has 1 N–H and O–H groups in total. The molecule has 0 aromatic heterocycles. The Hall–Kier alpha value is -3.84. The van der Waals surface area contributed by atoms with E-state index in [0.29, 0.717) is 29.8 Å². The number of halogens is 1. The normalized spacial score (nSPS) is 15.2. The van der Waals surface area contributed by atoms with Crippen molar-refractivity contribution in [2.75, 3.05) is 11.9 Å². The first kappa shape index (κ1) is 21.4. The Kier molecular flexibility index (Phi) is 6.37. The van der Waals surface area contributed by atoms with Crippen LogP contribution in [0.25, 0.3) is 0 Å². The summed E-state index contributed by atoms with van der Waals surface area (Å²) in [4.78, 5) is 37.2. The molecule has 1 fully saturated rings. The second kappa shape index (κ2) is 9.53. The van der Waals surface area contributed by atoms with E-state index >= 15 is 0 Å². The summed E-state index contributed by atoms with van der Waals surface area (Å²) < 4.78 is 23.8. The summed E-state index contributed by atoms with van der Waals surface area (Å²) >= 11 is 0. The van der Waals surface area contributed by atoms with Crippen LogP contribution in [0.2, 0.25) is 0 Å². The molecule has 32 heavy (non-hydrogen) atoms. The molecule has 3 aromatic carbocycles. The first-order chi connectivity index (χ1) is 15.5. The van der Waals surface area contributed by atoms with Crippen molar-refractivity contribution in [2.45, 2.75) is 18.9 Å². The number of hydrogen-bond donors (Lipinski definition) is 1. The van der Waals surface area contributed by atoms with Crippen LogP contribution in [0.15, 0.2) is 72.8 Å². The topological polar surface area (TPSA) is 81.7 Å². The summed E-state index contributed by atoms with van der Waals surface area (Å²) in [5, 5.41) is 2.75. The third-order valence-corrected chi connectivity index (χ3v) is 5.02. The second-order valence-corrected chi connectivity index (χ2v) is 7.32. The van der Waals surface area contributed by atoms with Gasteiger partial charge in [0, 0.05) is 23.4 Å². The Labute approximate surface area is 184 Å². The third kappa shape index (κ3) is 5.07. The first-order valence-corrected chi connectivity index (χ1v) is 10.1. The molecule has 0 radical (unpaired) electrons. The Balaban J connectivity index is 1.40. The van der Waals surface area contributed by atoms with Gasteiger partial charge in [-0.3, -0.25) is 9.59 Å². The predicted octanol–water partition coefficient (Wildman–Crippen LogP) is 4.39. The SMILES string of the molecule is O=C(Oc1ccc(C(=O)c2ccc(F)cc2)cc1)c1cccc(NC(=O)[C@H]2CCCO2)c1. The van der Waals surface area contributed by atoms with Gasteiger partial charge in [-0.1, -0.05) is 6.07 Å². The largest absolute Gasteiger partial charge is 0.423 e. The van der Waals surface area contributed by atoms with Crippen molar-refractivity contribution < 1.29 is 28.2 Å². The molecule has 0 aliphatic carbocycles. The van der Waals surface area contributed by atoms with Gasteiger partial charge in [0.2, 0.25) is 0 Å². The highest BCUT2D eigenvalue weighted by molar-refractivity contribution is 6.09. The summed E-state index contributed by atoms with van der Waals surface area (Å²) in [6.45, 7) is 0.568. The van der Waals surface area contributed by atoms with Crippen molar-refractivity contribution >= 4 is 23.3 Å². The molecule has 3 aromatic rings. The maximum atomic E-state index is 13.0. The van der Waals surface area contributed by atoms with E-state index in [1.165, 1.54) is 54.6 Å². The fourth-order valence-electron chi connectivity index (χ4n) is 3.34. The monoisotopic (exact) mass is 433 g/mol. The Bertz CT molecular complexity index is 1140. The van der Waals surface area contributed by atoms with Crippen LogP contribution in [-0.4, -0.2) is 30.4 Å². The van der Waals surface area contributed by atoms with Gasteiger partial charge in [-0.05, 0) is 79.6 Å². The fourth-order valence-corrected chi connectivity index (χ4v) is 3.34. The Morgan fingerprint density at radius 2 is 1.59 bits per heavy atom. The number of ether oxygens (including phenoxy) is 2. The number of carbonyl (C=O) groups is 3. The van der Waals surface area contributed by atoms with E-state index < -0.39 is 17.9 Å². The van der Waals surface area contributed by atoms with E-state index in [2.05, 4.69) is 5.32 Å². The van der Waals surface area contributed by atoms with Crippen LogP contribution in [0.4, 0.5) is 10.1 Å². The molecule has 162 valence electrons. The average Bonchev–Trinajstić information content (AvgIpc) is 3.35. The van der Waals surface area contributed by atoms with Crippen LogP contribution >= 0.6 is 0 Å². The van der Waals surface area contributed by atoms with Crippen LogP contribution < -0.4 is 10.1 Å². The average molecular weight is 433 g/mol. The van der Waals surface area contributed by atoms with Crippen molar-refractivity contribution in [2.24, 2.45) is 0 Å². The lowest BCUT2D eigenvalue weighted by Gasteiger charge is -2.11. The standard InChI is InChI=1S/C25H20FNO5/c26-19-10-6-16(7-11-19)23(28)17-8-12-21(13-9-17)32-25(30)18-3-1-4-20(15-18)27-24(29)22-5-2-14-31-22/h1,3-4,6-13,15,22H,2,5,14H2,(H,27,29)/t22-/m1/s1. The van der Waals surface area contributed by atoms with Crippen LogP contribution in [0.5, 0.6) is 5.75 Å². The summed E-state index contributed by atoms with van der Waals surface area (Å²) in [7, 11) is 0. The molecule has 1 atom stereocenters. The highest BCUT2D eigenvalue weighted by Crippen LogP contribution is 2.20. The molecular formula is C25H20FNO5. The van der Waals surface area contributed by atoms with Crippen molar-refractivity contribution in [3.63, 3.8) is 0 Å². The molecule has 0 bridgehead atoms. The molecule has 1 aliphatic heterocycles. The lowest BCUT2D eigenvalue weighted by Crippen LogP contribution is -2.26. The molecule has 1 aliphatic rings. The van der Waals surface area contributed by atoms with Crippen LogP contribution in [-0.2, 0) is 9.53 Å². The minimum absolute atomic E-state index is 0.241. The number of rotatable bonds is 6. The van der Waals surface area contributed by atoms with Crippen molar-refractivity contribution in [3.8, 4) is 5.75 Å². The van der Waals surface area contributed by atoms with E-state index in [1.807, 2.05) is 0 Å². The van der Waals surface area contributed by atoms with Crippen LogP contribution in [0, 0.1) is 5.82 Å². The highest BCUT2D eigenvalue weighted by atomic mass is 19.1. The smallest absolute Gasteiger partial charge is 0.343 e. The van der Waals surface area contributed by atoms with Gasteiger partial charge in [0.05, 0.1) is 5.56 Å². The van der Waals surface area contributed by atoms with Crippen LogP contribution in [0.3, 0.4) is 0 Å². The van der Waals surface area contributed by atoms with Gasteiger partial charge in [0.15, 0.2) is 5.78 Å². The summed E-state index contributed by atoms with van der Waals surface area (Å²) in [6.07, 6.45) is 1.05. The van der Waals surface area contributed by atoms with Gasteiger partial charge in [-0.2, -0.15) is 0 Å². The van der Waals surface area contributed by atoms with Gasteiger partial charge in [0.25, 0.3) is 5.91 Å². The number of amides is 1. The van der Waals surface area contributed by atoms with Crippen LogP contribution in [0.1, 0.15) is 39.1 Å². The number of anilines is 1. The predicted molar refractivity (Wildman–Crippen MR) is 115 cm³/mol. The quantitative estimate of drug-likeness (QED) is 0.354. The molecule has 0 saturated carbocycles. The van der Waals surface area contributed by atoms with Crippen molar-refractivity contribution in [1.29, 1.82) is 0 Å². The number of hydrogen-bond acceptors (Lipinski definition) is 5. The number of esters is 1. The van der Waals surface area contributed by atoms with Gasteiger partial charge in [-0.15, -0.1) is 0 Å². The van der Waals surface area contributed by atoms with E-state index in [1.54, 1.807) is 18.2 Å². The number of nitrogens with one attached hydrogen (secondary N) is 1. The molecule has 1 saturated heterocycles. The first-order valence-electron chi connectivity index (χ1n) is 10.1. The second-order valence-electron chi connectivity index (χ2n) is 7.32. The van der Waals surface area contributed by atoms with E-state index in [0.717, 1.165) is 6.42 Å². The van der Waals surface area contributed by atoms with Crippen molar-refractivity contribution in [3.05, 3.63) is 95.3 Å². The molecule has 4 rings (SSSR count). The van der Waals surface area contributed by atoms with E-state index in [9.17, 15) is 18.8 Å². The van der Waals surface area contributed by atoms with Gasteiger partial charge >= 0.3 is 5.97 Å². The zero-order chi connectivity index (χ0) is 22.5. The Morgan fingerprint density at radius 1 is 0.906 bits per heavy atom. The minimum Gasteiger partial charge on any atom is -0.423 e. The molecule has 6 nitrogen and oxygen atoms in total. The maximum Gasteiger partial charge on any atom is 0.343 e. The number of carbonyl (C=O) groups excluding carboxylic acids is 3. The summed E-state index contributed by atoms with van der Waals surface area (Å²) in [5.74, 6) is -1.26. The molecule has 0 spiro atoms. The zero-order valence-corrected chi connectivity index (χ0v) is 17.0. The summed E-state index contributed by atoms with van der Waals surface area (Å²) in [5.41, 5.74) is 1.48. The number of benzene rings is 3. The van der Waals surface area contributed by atoms with E-state index in [-0.39, 0.29) is 23.0 Å². The van der Waals surface area contributed by atoms with Crippen molar-refractivity contribution in [1.82, 2.24) is 0 Å². The Morgan fingerprint density at radius 3 is 2.25 bits per heavy atom. The molecule has 1 heterocycles. The maximum absolute atomic E-state index is 13.0. The fraction of sp³-hybridized carbons (Fsp3) is 0.160. The van der Waals surface area contributed by atoms with E-state index in [4.69, 9.17) is 9.47 Å². The third-order valence-electron chi connectivity index (χ3n) is 5.02. The summed E-state index contributed by atoms with van der Waals surface area (Å²) in [6, 6.07) is 17.8. The highest BCUT2D eigenvalue weighted by Gasteiger charge is 2.23. The lowest BCUT2D eigenvalue weighted by molar-refractivity contribution is -0.124. The van der Waals surface area contributed by atoms with Gasteiger partial charge < -0.3 is 14.8 Å². The molecule has 0 unspecified atom stereocenters. The zero-order valence-electron chi connectivity index (χ0n) is 17.0. The molecule has 7 heteroatoms. The minimum atomic E-state index is -0.601. The number of ketones is 1. The molecule has 1 amide bonds. The lowest BCUT2D eigenvalue weighted by atomic mass is 10.0. The molecular weight excluding hydrogens is 413 g/mol. The van der Waals surface area contributed by atoms with Gasteiger partial charge in [-0.25, -0.2) is 9.18 Å². The van der Waals surface area contributed by atoms with Gasteiger partial charge in [0.1, 0.15) is 17.7 Å².